The first-order valence-electron chi connectivity index (χ1n) is 7.60. The summed E-state index contributed by atoms with van der Waals surface area (Å²) in [4.78, 5) is 11.6. The summed E-state index contributed by atoms with van der Waals surface area (Å²) in [5, 5.41) is 12.0. The second kappa shape index (κ2) is 7.31. The Morgan fingerprint density at radius 2 is 1.79 bits per heavy atom. The zero-order chi connectivity index (χ0) is 16.9. The molecule has 0 aliphatic carbocycles. The maximum Gasteiger partial charge on any atom is 0.230 e. The molecule has 122 valence electrons. The van der Waals surface area contributed by atoms with Crippen molar-refractivity contribution in [1.82, 2.24) is 20.1 Å². The Morgan fingerprint density at radius 3 is 2.46 bits per heavy atom. The first kappa shape index (κ1) is 16.3. The van der Waals surface area contributed by atoms with Gasteiger partial charge in [0.1, 0.15) is 0 Å². The fourth-order valence-corrected chi connectivity index (χ4v) is 3.09. The zero-order valence-electron chi connectivity index (χ0n) is 13.6. The standard InChI is InChI=1S/C18H18N4OS/c1-13-8-10-15(11-9-13)22-17(14-6-4-3-5-7-14)20-21-18(22)24-12-16(23)19-2/h3-11H,12H2,1-2H3,(H,19,23). The van der Waals surface area contributed by atoms with Crippen LogP contribution in [-0.2, 0) is 4.79 Å². The van der Waals surface area contributed by atoms with Crippen molar-refractivity contribution >= 4 is 17.7 Å². The number of hydrogen-bond acceptors (Lipinski definition) is 4. The van der Waals surface area contributed by atoms with E-state index in [-0.39, 0.29) is 5.91 Å². The van der Waals surface area contributed by atoms with Crippen molar-refractivity contribution in [2.75, 3.05) is 12.8 Å². The minimum atomic E-state index is -0.0419. The second-order valence-corrected chi connectivity index (χ2v) is 6.25. The number of aromatic nitrogens is 3. The van der Waals surface area contributed by atoms with E-state index in [1.54, 1.807) is 7.05 Å². The average Bonchev–Trinajstić information content (AvgIpc) is 3.05. The van der Waals surface area contributed by atoms with Crippen molar-refractivity contribution in [2.45, 2.75) is 12.1 Å². The maximum absolute atomic E-state index is 11.6. The van der Waals surface area contributed by atoms with Gasteiger partial charge in [0.15, 0.2) is 11.0 Å². The molecule has 3 aromatic rings. The van der Waals surface area contributed by atoms with Crippen LogP contribution >= 0.6 is 11.8 Å². The third-order valence-electron chi connectivity index (χ3n) is 3.57. The molecule has 1 heterocycles. The highest BCUT2D eigenvalue weighted by Gasteiger charge is 2.16. The summed E-state index contributed by atoms with van der Waals surface area (Å²) in [7, 11) is 1.63. The molecule has 1 aromatic heterocycles. The number of nitrogens with zero attached hydrogens (tertiary/aromatic N) is 3. The van der Waals surface area contributed by atoms with E-state index in [4.69, 9.17) is 0 Å². The molecular formula is C18H18N4OS. The topological polar surface area (TPSA) is 59.8 Å². The minimum absolute atomic E-state index is 0.0419. The monoisotopic (exact) mass is 338 g/mol. The molecule has 0 spiro atoms. The summed E-state index contributed by atoms with van der Waals surface area (Å²) >= 11 is 1.37. The van der Waals surface area contributed by atoms with Crippen molar-refractivity contribution in [3.05, 3.63) is 60.2 Å². The summed E-state index contributed by atoms with van der Waals surface area (Å²) in [5.74, 6) is 1.02. The van der Waals surface area contributed by atoms with Crippen LogP contribution in [0.5, 0.6) is 0 Å². The Labute approximate surface area is 145 Å². The van der Waals surface area contributed by atoms with Crippen LogP contribution < -0.4 is 5.32 Å². The molecule has 0 aliphatic heterocycles. The summed E-state index contributed by atoms with van der Waals surface area (Å²) in [6, 6.07) is 18.1. The van der Waals surface area contributed by atoms with Crippen molar-refractivity contribution in [2.24, 2.45) is 0 Å². The van der Waals surface area contributed by atoms with Crippen LogP contribution in [0.25, 0.3) is 17.1 Å². The summed E-state index contributed by atoms with van der Waals surface area (Å²) in [6.07, 6.45) is 0. The van der Waals surface area contributed by atoms with Crippen LogP contribution in [-0.4, -0.2) is 33.5 Å². The quantitative estimate of drug-likeness (QED) is 0.726. The molecule has 3 rings (SSSR count). The highest BCUT2D eigenvalue weighted by Crippen LogP contribution is 2.27. The lowest BCUT2D eigenvalue weighted by Crippen LogP contribution is -2.20. The van der Waals surface area contributed by atoms with E-state index in [0.717, 1.165) is 17.1 Å². The number of rotatable bonds is 5. The van der Waals surface area contributed by atoms with Gasteiger partial charge in [0.25, 0.3) is 0 Å². The van der Waals surface area contributed by atoms with Crippen LogP contribution in [0.1, 0.15) is 5.56 Å². The molecule has 0 atom stereocenters. The highest BCUT2D eigenvalue weighted by atomic mass is 32.2. The van der Waals surface area contributed by atoms with Gasteiger partial charge < -0.3 is 5.32 Å². The maximum atomic E-state index is 11.6. The number of thioether (sulfide) groups is 1. The second-order valence-electron chi connectivity index (χ2n) is 5.31. The lowest BCUT2D eigenvalue weighted by Gasteiger charge is -2.10. The van der Waals surface area contributed by atoms with Crippen molar-refractivity contribution < 1.29 is 4.79 Å². The molecule has 2 aromatic carbocycles. The van der Waals surface area contributed by atoms with E-state index in [9.17, 15) is 4.79 Å². The summed E-state index contributed by atoms with van der Waals surface area (Å²) < 4.78 is 1.99. The molecule has 0 fully saturated rings. The van der Waals surface area contributed by atoms with Crippen LogP contribution in [0.2, 0.25) is 0 Å². The van der Waals surface area contributed by atoms with E-state index >= 15 is 0 Å². The molecule has 0 saturated carbocycles. The van der Waals surface area contributed by atoms with Gasteiger partial charge >= 0.3 is 0 Å². The fourth-order valence-electron chi connectivity index (χ4n) is 2.27. The Morgan fingerprint density at radius 1 is 1.08 bits per heavy atom. The van der Waals surface area contributed by atoms with Gasteiger partial charge in [0.2, 0.25) is 5.91 Å². The predicted molar refractivity (Wildman–Crippen MR) is 96.3 cm³/mol. The molecule has 1 N–H and O–H groups in total. The van der Waals surface area contributed by atoms with Gasteiger partial charge in [-0.05, 0) is 19.1 Å². The summed E-state index contributed by atoms with van der Waals surface area (Å²) in [5.41, 5.74) is 3.15. The van der Waals surface area contributed by atoms with Crippen molar-refractivity contribution in [3.8, 4) is 17.1 Å². The first-order chi connectivity index (χ1) is 11.7. The molecule has 0 saturated heterocycles. The largest absolute Gasteiger partial charge is 0.358 e. The Kier molecular flexibility index (Phi) is 4.96. The third kappa shape index (κ3) is 3.49. The SMILES string of the molecule is CNC(=O)CSc1nnc(-c2ccccc2)n1-c1ccc(C)cc1. The van der Waals surface area contributed by atoms with E-state index in [1.807, 2.05) is 47.0 Å². The normalized spacial score (nSPS) is 10.6. The predicted octanol–water partition coefficient (Wildman–Crippen LogP) is 3.08. The van der Waals surface area contributed by atoms with Gasteiger partial charge in [-0.2, -0.15) is 0 Å². The Balaban J connectivity index is 2.05. The minimum Gasteiger partial charge on any atom is -0.358 e. The van der Waals surface area contributed by atoms with E-state index in [1.165, 1.54) is 17.3 Å². The molecule has 0 bridgehead atoms. The van der Waals surface area contributed by atoms with E-state index < -0.39 is 0 Å². The van der Waals surface area contributed by atoms with Crippen LogP contribution in [0.15, 0.2) is 59.8 Å². The lowest BCUT2D eigenvalue weighted by molar-refractivity contribution is -0.118. The number of carbonyl (C=O) groups excluding carboxylic acids is 1. The van der Waals surface area contributed by atoms with Gasteiger partial charge in [0.05, 0.1) is 5.75 Å². The Hall–Kier alpha value is -2.60. The van der Waals surface area contributed by atoms with E-state index in [2.05, 4.69) is 34.6 Å². The molecule has 0 aliphatic rings. The smallest absolute Gasteiger partial charge is 0.230 e. The van der Waals surface area contributed by atoms with Gasteiger partial charge in [-0.3, -0.25) is 9.36 Å². The third-order valence-corrected chi connectivity index (χ3v) is 4.50. The number of aryl methyl sites for hydroxylation is 1. The number of amides is 1. The lowest BCUT2D eigenvalue weighted by atomic mass is 10.2. The fraction of sp³-hybridized carbons (Fsp3) is 0.167. The number of nitrogens with one attached hydrogen (secondary N) is 1. The molecule has 1 amide bonds. The molecular weight excluding hydrogens is 320 g/mol. The van der Waals surface area contributed by atoms with Gasteiger partial charge in [0, 0.05) is 18.3 Å². The number of hydrogen-bond donors (Lipinski definition) is 1. The average molecular weight is 338 g/mol. The van der Waals surface area contributed by atoms with Gasteiger partial charge in [-0.25, -0.2) is 0 Å². The molecule has 0 unspecified atom stereocenters. The highest BCUT2D eigenvalue weighted by molar-refractivity contribution is 7.99. The zero-order valence-corrected chi connectivity index (χ0v) is 14.4. The van der Waals surface area contributed by atoms with Gasteiger partial charge in [-0.15, -0.1) is 10.2 Å². The van der Waals surface area contributed by atoms with Crippen LogP contribution in [0.4, 0.5) is 0 Å². The number of benzene rings is 2. The van der Waals surface area contributed by atoms with E-state index in [0.29, 0.717) is 10.9 Å². The van der Waals surface area contributed by atoms with Crippen molar-refractivity contribution in [3.63, 3.8) is 0 Å². The van der Waals surface area contributed by atoms with Gasteiger partial charge in [-0.1, -0.05) is 59.8 Å². The molecule has 6 heteroatoms. The van der Waals surface area contributed by atoms with Crippen molar-refractivity contribution in [1.29, 1.82) is 0 Å². The number of carbonyl (C=O) groups is 1. The van der Waals surface area contributed by atoms with Crippen LogP contribution in [0.3, 0.4) is 0 Å². The first-order valence-corrected chi connectivity index (χ1v) is 8.59. The molecule has 0 radical (unpaired) electrons. The molecule has 24 heavy (non-hydrogen) atoms. The summed E-state index contributed by atoms with van der Waals surface area (Å²) in [6.45, 7) is 2.05. The Bertz CT molecular complexity index is 828. The van der Waals surface area contributed by atoms with Crippen LogP contribution in [0, 0.1) is 6.92 Å². The molecule has 5 nitrogen and oxygen atoms in total.